The van der Waals surface area contributed by atoms with Gasteiger partial charge in [-0.05, 0) is 17.9 Å². The normalized spacial score (nSPS) is 11.1. The summed E-state index contributed by atoms with van der Waals surface area (Å²) in [5, 5.41) is 3.13. The zero-order valence-electron chi connectivity index (χ0n) is 8.97. The first-order valence-electron chi connectivity index (χ1n) is 4.79. The van der Waals surface area contributed by atoms with Crippen molar-refractivity contribution < 1.29 is 0 Å². The van der Waals surface area contributed by atoms with Gasteiger partial charge in [0, 0.05) is 18.7 Å². The summed E-state index contributed by atoms with van der Waals surface area (Å²) < 4.78 is 0. The van der Waals surface area contributed by atoms with Gasteiger partial charge in [0.15, 0.2) is 0 Å². The van der Waals surface area contributed by atoms with Crippen LogP contribution < -0.4 is 5.32 Å². The summed E-state index contributed by atoms with van der Waals surface area (Å²) in [5.41, 5.74) is 1.91. The molecular formula is C13H19N. The molecule has 0 bridgehead atoms. The molecule has 1 heteroatoms. The average Bonchev–Trinajstić information content (AvgIpc) is 2.21. The monoisotopic (exact) mass is 189 g/mol. The number of hydrogen-bond acceptors (Lipinski definition) is 1. The summed E-state index contributed by atoms with van der Waals surface area (Å²) in [6.07, 6.45) is 8.75. The summed E-state index contributed by atoms with van der Waals surface area (Å²) in [4.78, 5) is 0. The van der Waals surface area contributed by atoms with E-state index >= 15 is 0 Å². The Balaban J connectivity index is 3.98. The van der Waals surface area contributed by atoms with Crippen LogP contribution in [0.25, 0.3) is 0 Å². The van der Waals surface area contributed by atoms with Crippen LogP contribution in [0.15, 0.2) is 37.1 Å². The first kappa shape index (κ1) is 12.6. The molecule has 0 amide bonds. The van der Waals surface area contributed by atoms with Gasteiger partial charge < -0.3 is 5.32 Å². The van der Waals surface area contributed by atoms with Crippen LogP contribution in [-0.4, -0.2) is 6.54 Å². The number of rotatable bonds is 7. The van der Waals surface area contributed by atoms with Crippen molar-refractivity contribution in [3.63, 3.8) is 0 Å². The van der Waals surface area contributed by atoms with Crippen molar-refractivity contribution in [2.45, 2.75) is 19.8 Å². The van der Waals surface area contributed by atoms with E-state index < -0.39 is 0 Å². The molecule has 0 aliphatic heterocycles. The maximum Gasteiger partial charge on any atom is 0.0328 e. The quantitative estimate of drug-likeness (QED) is 0.369. The Kier molecular flexibility index (Phi) is 6.32. The van der Waals surface area contributed by atoms with Gasteiger partial charge >= 0.3 is 0 Å². The lowest BCUT2D eigenvalue weighted by Gasteiger charge is -2.16. The van der Waals surface area contributed by atoms with E-state index in [0.29, 0.717) is 5.92 Å². The number of hydrogen-bond donors (Lipinski definition) is 1. The zero-order valence-corrected chi connectivity index (χ0v) is 8.97. The molecular weight excluding hydrogens is 170 g/mol. The lowest BCUT2D eigenvalue weighted by Crippen LogP contribution is -2.16. The van der Waals surface area contributed by atoms with Crippen LogP contribution in [0.4, 0.5) is 0 Å². The van der Waals surface area contributed by atoms with E-state index in [0.717, 1.165) is 30.7 Å². The average molecular weight is 189 g/mol. The van der Waals surface area contributed by atoms with Crippen LogP contribution in [0.2, 0.25) is 0 Å². The van der Waals surface area contributed by atoms with E-state index in [2.05, 4.69) is 37.9 Å². The van der Waals surface area contributed by atoms with Crippen LogP contribution in [-0.2, 0) is 0 Å². The third-order valence-electron chi connectivity index (χ3n) is 2.16. The maximum absolute atomic E-state index is 5.20. The molecule has 1 atom stereocenters. The Morgan fingerprint density at radius 1 is 1.57 bits per heavy atom. The molecule has 0 fully saturated rings. The van der Waals surface area contributed by atoms with Gasteiger partial charge in [-0.2, -0.15) is 0 Å². The molecule has 0 rings (SSSR count). The van der Waals surface area contributed by atoms with Gasteiger partial charge in [0.1, 0.15) is 0 Å². The summed E-state index contributed by atoms with van der Waals surface area (Å²) in [6, 6.07) is 0. The fourth-order valence-electron chi connectivity index (χ4n) is 1.08. The Labute approximate surface area is 87.6 Å². The van der Waals surface area contributed by atoms with E-state index in [9.17, 15) is 0 Å². The van der Waals surface area contributed by atoms with Gasteiger partial charge in [0.05, 0.1) is 0 Å². The highest BCUT2D eigenvalue weighted by molar-refractivity contribution is 5.26. The summed E-state index contributed by atoms with van der Waals surface area (Å²) in [7, 11) is 0. The fourth-order valence-corrected chi connectivity index (χ4v) is 1.08. The predicted molar refractivity (Wildman–Crippen MR) is 63.7 cm³/mol. The van der Waals surface area contributed by atoms with E-state index in [4.69, 9.17) is 6.42 Å². The second-order valence-electron chi connectivity index (χ2n) is 3.32. The summed E-state index contributed by atoms with van der Waals surface area (Å²) in [5.74, 6) is 3.01. The maximum atomic E-state index is 5.20. The van der Waals surface area contributed by atoms with Crippen LogP contribution in [0.1, 0.15) is 19.8 Å². The van der Waals surface area contributed by atoms with Crippen molar-refractivity contribution in [2.24, 2.45) is 5.92 Å². The van der Waals surface area contributed by atoms with Crippen molar-refractivity contribution in [2.75, 3.05) is 6.54 Å². The van der Waals surface area contributed by atoms with E-state index in [1.54, 1.807) is 6.08 Å². The van der Waals surface area contributed by atoms with Crippen molar-refractivity contribution in [3.05, 3.63) is 37.1 Å². The molecule has 0 aromatic rings. The lowest BCUT2D eigenvalue weighted by atomic mass is 9.95. The molecule has 0 aliphatic carbocycles. The zero-order chi connectivity index (χ0) is 11.0. The predicted octanol–water partition coefficient (Wildman–Crippen LogP) is 2.88. The van der Waals surface area contributed by atoms with Gasteiger partial charge in [-0.25, -0.2) is 0 Å². The Hall–Kier alpha value is -1.42. The van der Waals surface area contributed by atoms with E-state index in [1.807, 2.05) is 0 Å². The van der Waals surface area contributed by atoms with Crippen LogP contribution in [0.5, 0.6) is 0 Å². The first-order chi connectivity index (χ1) is 6.63. The minimum Gasteiger partial charge on any atom is -0.382 e. The fraction of sp³-hybridized carbons (Fsp3) is 0.385. The molecule has 0 heterocycles. The molecule has 0 spiro atoms. The van der Waals surface area contributed by atoms with E-state index in [1.165, 1.54) is 0 Å². The Morgan fingerprint density at radius 2 is 2.21 bits per heavy atom. The number of terminal acetylenes is 1. The minimum atomic E-state index is 0.385. The smallest absolute Gasteiger partial charge is 0.0328 e. The molecule has 0 aliphatic rings. The lowest BCUT2D eigenvalue weighted by molar-refractivity contribution is 0.625. The third kappa shape index (κ3) is 4.57. The van der Waals surface area contributed by atoms with Crippen molar-refractivity contribution in [1.29, 1.82) is 0 Å². The molecule has 1 N–H and O–H groups in total. The molecule has 0 aromatic carbocycles. The highest BCUT2D eigenvalue weighted by atomic mass is 14.9. The molecule has 76 valence electrons. The van der Waals surface area contributed by atoms with Crippen molar-refractivity contribution >= 4 is 0 Å². The van der Waals surface area contributed by atoms with Gasteiger partial charge in [-0.3, -0.25) is 0 Å². The summed E-state index contributed by atoms with van der Waals surface area (Å²) in [6.45, 7) is 14.4. The summed E-state index contributed by atoms with van der Waals surface area (Å²) >= 11 is 0. The van der Waals surface area contributed by atoms with Crippen LogP contribution in [0, 0.1) is 18.3 Å². The topological polar surface area (TPSA) is 12.0 Å². The second-order valence-corrected chi connectivity index (χ2v) is 3.32. The Morgan fingerprint density at radius 3 is 2.71 bits per heavy atom. The molecule has 14 heavy (non-hydrogen) atoms. The van der Waals surface area contributed by atoms with Gasteiger partial charge in [-0.1, -0.05) is 26.2 Å². The van der Waals surface area contributed by atoms with Gasteiger partial charge in [-0.15, -0.1) is 18.9 Å². The van der Waals surface area contributed by atoms with Crippen molar-refractivity contribution in [3.8, 4) is 12.3 Å². The van der Waals surface area contributed by atoms with Gasteiger partial charge in [0.25, 0.3) is 0 Å². The van der Waals surface area contributed by atoms with Crippen molar-refractivity contribution in [1.82, 2.24) is 5.32 Å². The van der Waals surface area contributed by atoms with Crippen LogP contribution >= 0.6 is 0 Å². The number of nitrogens with one attached hydrogen (secondary N) is 1. The minimum absolute atomic E-state index is 0.385. The van der Waals surface area contributed by atoms with Crippen LogP contribution in [0.3, 0.4) is 0 Å². The molecule has 0 saturated carbocycles. The number of allylic oxidation sites excluding steroid dienone is 1. The SMILES string of the molecule is C#CCCC(C)C(=C)C(=C)NCC=C. The Bertz CT molecular complexity index is 255. The highest BCUT2D eigenvalue weighted by Crippen LogP contribution is 2.18. The second kappa shape index (κ2) is 7.03. The van der Waals surface area contributed by atoms with E-state index in [-0.39, 0.29) is 0 Å². The molecule has 0 aromatic heterocycles. The standard InChI is InChI=1S/C13H19N/c1-6-8-9-11(3)12(4)13(5)14-10-7-2/h1,7,11,14H,2,4-5,8-10H2,3H3. The molecule has 0 radical (unpaired) electrons. The third-order valence-corrected chi connectivity index (χ3v) is 2.16. The largest absolute Gasteiger partial charge is 0.382 e. The highest BCUT2D eigenvalue weighted by Gasteiger charge is 2.08. The molecule has 1 unspecified atom stereocenters. The molecule has 1 nitrogen and oxygen atoms in total. The van der Waals surface area contributed by atoms with Gasteiger partial charge in [0.2, 0.25) is 0 Å². The first-order valence-corrected chi connectivity index (χ1v) is 4.79. The molecule has 0 saturated heterocycles.